The lowest BCUT2D eigenvalue weighted by Crippen LogP contribution is -1.89. The van der Waals surface area contributed by atoms with Crippen molar-refractivity contribution in [1.29, 1.82) is 0 Å². The molecule has 2 N–H and O–H groups in total. The van der Waals surface area contributed by atoms with Crippen molar-refractivity contribution in [1.82, 2.24) is 4.98 Å². The Kier molecular flexibility index (Phi) is 10.8. The Balaban J connectivity index is 0.000000352. The number of aryl methyl sites for hydroxylation is 1. The summed E-state index contributed by atoms with van der Waals surface area (Å²) in [6.45, 7) is 10.8. The smallest absolute Gasteiger partial charge is 0.0456 e. The third kappa shape index (κ3) is 7.34. The van der Waals surface area contributed by atoms with Gasteiger partial charge in [0.15, 0.2) is 0 Å². The molecule has 0 unspecified atom stereocenters. The highest BCUT2D eigenvalue weighted by atomic mass is 16.2. The van der Waals surface area contributed by atoms with Gasteiger partial charge in [-0.1, -0.05) is 52.8 Å². The minimum Gasteiger partial charge on any atom is -0.396 e. The van der Waals surface area contributed by atoms with Crippen LogP contribution in [0.3, 0.4) is 0 Å². The normalized spacial score (nSPS) is 9.75. The standard InChI is InChI=1S/C10H11N.C6H14O.C2H6/c1-2-9-7-8-5-3-4-6-10(8)11-9;1-6(2)4-3-5-7;1-2/h3-7,11H,2H2,1H3;6-7H,3-5H2,1-2H3;1-2H3. The molecule has 2 heteroatoms. The molecular weight excluding hydrogens is 246 g/mol. The fourth-order valence-electron chi connectivity index (χ4n) is 1.82. The quantitative estimate of drug-likeness (QED) is 0.794. The van der Waals surface area contributed by atoms with Crippen LogP contribution in [0.1, 0.15) is 53.2 Å². The first-order valence-corrected chi connectivity index (χ1v) is 7.84. The van der Waals surface area contributed by atoms with Gasteiger partial charge in [-0.2, -0.15) is 0 Å². The highest BCUT2D eigenvalue weighted by Gasteiger charge is 1.95. The summed E-state index contributed by atoms with van der Waals surface area (Å²) >= 11 is 0. The highest BCUT2D eigenvalue weighted by Crippen LogP contribution is 2.14. The van der Waals surface area contributed by atoms with Crippen LogP contribution in [0.4, 0.5) is 0 Å². The molecule has 1 aromatic heterocycles. The van der Waals surface area contributed by atoms with Gasteiger partial charge >= 0.3 is 0 Å². The van der Waals surface area contributed by atoms with Gasteiger partial charge in [-0.05, 0) is 42.7 Å². The predicted octanol–water partition coefficient (Wildman–Crippen LogP) is 5.17. The third-order valence-electron chi connectivity index (χ3n) is 2.91. The second-order valence-corrected chi connectivity index (χ2v) is 5.00. The van der Waals surface area contributed by atoms with E-state index in [1.165, 1.54) is 16.6 Å². The van der Waals surface area contributed by atoms with E-state index in [0.29, 0.717) is 6.61 Å². The lowest BCUT2D eigenvalue weighted by Gasteiger charge is -1.98. The molecule has 0 aliphatic rings. The number of hydrogen-bond donors (Lipinski definition) is 2. The number of nitrogens with one attached hydrogen (secondary N) is 1. The van der Waals surface area contributed by atoms with Gasteiger partial charge in [0.05, 0.1) is 0 Å². The van der Waals surface area contributed by atoms with E-state index in [-0.39, 0.29) is 0 Å². The third-order valence-corrected chi connectivity index (χ3v) is 2.91. The van der Waals surface area contributed by atoms with Gasteiger partial charge in [-0.3, -0.25) is 0 Å². The maximum atomic E-state index is 8.32. The summed E-state index contributed by atoms with van der Waals surface area (Å²) in [6, 6.07) is 10.6. The van der Waals surface area contributed by atoms with E-state index < -0.39 is 0 Å². The van der Waals surface area contributed by atoms with Crippen molar-refractivity contribution >= 4 is 10.9 Å². The predicted molar refractivity (Wildman–Crippen MR) is 90.2 cm³/mol. The Bertz CT molecular complexity index is 412. The summed E-state index contributed by atoms with van der Waals surface area (Å²) in [7, 11) is 0. The Morgan fingerprint density at radius 3 is 2.25 bits per heavy atom. The number of rotatable bonds is 4. The molecule has 0 spiro atoms. The van der Waals surface area contributed by atoms with Crippen molar-refractivity contribution in [2.45, 2.75) is 53.9 Å². The Morgan fingerprint density at radius 2 is 1.80 bits per heavy atom. The van der Waals surface area contributed by atoms with Crippen LogP contribution in [-0.2, 0) is 6.42 Å². The van der Waals surface area contributed by atoms with Crippen LogP contribution in [0.25, 0.3) is 10.9 Å². The number of hydrogen-bond acceptors (Lipinski definition) is 1. The average molecular weight is 277 g/mol. The van der Waals surface area contributed by atoms with Crippen LogP contribution < -0.4 is 0 Å². The molecule has 20 heavy (non-hydrogen) atoms. The van der Waals surface area contributed by atoms with Crippen molar-refractivity contribution in [3.8, 4) is 0 Å². The van der Waals surface area contributed by atoms with Gasteiger partial charge in [0.25, 0.3) is 0 Å². The van der Waals surface area contributed by atoms with Crippen molar-refractivity contribution in [2.75, 3.05) is 6.61 Å². The van der Waals surface area contributed by atoms with Gasteiger partial charge in [-0.25, -0.2) is 0 Å². The first-order chi connectivity index (χ1) is 9.67. The summed E-state index contributed by atoms with van der Waals surface area (Å²) < 4.78 is 0. The maximum Gasteiger partial charge on any atom is 0.0456 e. The molecule has 1 heterocycles. The monoisotopic (exact) mass is 277 g/mol. The first-order valence-electron chi connectivity index (χ1n) is 7.84. The van der Waals surface area contributed by atoms with Gasteiger partial charge in [0, 0.05) is 17.8 Å². The van der Waals surface area contributed by atoms with Crippen LogP contribution in [0.5, 0.6) is 0 Å². The molecule has 0 saturated carbocycles. The molecule has 0 amide bonds. The number of aromatic amines is 1. The molecule has 0 atom stereocenters. The van der Waals surface area contributed by atoms with Crippen LogP contribution in [0.2, 0.25) is 0 Å². The summed E-state index contributed by atoms with van der Waals surface area (Å²) in [5.74, 6) is 0.743. The van der Waals surface area contributed by atoms with E-state index in [2.05, 4.69) is 56.1 Å². The number of aliphatic hydroxyl groups excluding tert-OH is 1. The number of para-hydroxylation sites is 1. The molecule has 2 rings (SSSR count). The Hall–Kier alpha value is -1.28. The summed E-state index contributed by atoms with van der Waals surface area (Å²) in [6.07, 6.45) is 3.18. The lowest BCUT2D eigenvalue weighted by atomic mass is 10.1. The second-order valence-electron chi connectivity index (χ2n) is 5.00. The minimum absolute atomic E-state index is 0.345. The van der Waals surface area contributed by atoms with Gasteiger partial charge < -0.3 is 10.1 Å². The molecule has 0 bridgehead atoms. The average Bonchev–Trinajstić information content (AvgIpc) is 2.91. The molecule has 2 nitrogen and oxygen atoms in total. The molecule has 2 aromatic rings. The Labute approximate surface area is 124 Å². The SMILES string of the molecule is CC.CC(C)CCCO.CCc1cc2ccccc2[nH]1. The van der Waals surface area contributed by atoms with Crippen LogP contribution in [-0.4, -0.2) is 16.7 Å². The molecule has 114 valence electrons. The van der Waals surface area contributed by atoms with Crippen LogP contribution in [0, 0.1) is 5.92 Å². The number of aliphatic hydroxyl groups is 1. The zero-order chi connectivity index (χ0) is 15.4. The molecular formula is C18H31NO. The highest BCUT2D eigenvalue weighted by molar-refractivity contribution is 5.80. The number of fused-ring (bicyclic) bond motifs is 1. The fourth-order valence-corrected chi connectivity index (χ4v) is 1.82. The van der Waals surface area contributed by atoms with Crippen LogP contribution in [0.15, 0.2) is 30.3 Å². The van der Waals surface area contributed by atoms with Gasteiger partial charge in [0.2, 0.25) is 0 Å². The van der Waals surface area contributed by atoms with E-state index in [1.807, 2.05) is 13.8 Å². The van der Waals surface area contributed by atoms with E-state index >= 15 is 0 Å². The topological polar surface area (TPSA) is 36.0 Å². The molecule has 0 aliphatic heterocycles. The zero-order valence-corrected chi connectivity index (χ0v) is 13.7. The molecule has 0 fully saturated rings. The summed E-state index contributed by atoms with van der Waals surface area (Å²) in [4.78, 5) is 3.35. The van der Waals surface area contributed by atoms with Crippen molar-refractivity contribution in [3.63, 3.8) is 0 Å². The van der Waals surface area contributed by atoms with Crippen molar-refractivity contribution < 1.29 is 5.11 Å². The number of benzene rings is 1. The Morgan fingerprint density at radius 1 is 1.15 bits per heavy atom. The van der Waals surface area contributed by atoms with Gasteiger partial charge in [-0.15, -0.1) is 0 Å². The van der Waals surface area contributed by atoms with E-state index in [1.54, 1.807) is 0 Å². The minimum atomic E-state index is 0.345. The van der Waals surface area contributed by atoms with Crippen molar-refractivity contribution in [3.05, 3.63) is 36.0 Å². The van der Waals surface area contributed by atoms with Gasteiger partial charge in [0.1, 0.15) is 0 Å². The number of aromatic nitrogens is 1. The zero-order valence-electron chi connectivity index (χ0n) is 13.7. The molecule has 0 aliphatic carbocycles. The van der Waals surface area contributed by atoms with E-state index in [4.69, 9.17) is 5.11 Å². The molecule has 1 aromatic carbocycles. The van der Waals surface area contributed by atoms with E-state index in [9.17, 15) is 0 Å². The molecule has 0 saturated heterocycles. The van der Waals surface area contributed by atoms with E-state index in [0.717, 1.165) is 25.2 Å². The number of H-pyrrole nitrogens is 1. The largest absolute Gasteiger partial charge is 0.396 e. The lowest BCUT2D eigenvalue weighted by molar-refractivity contribution is 0.276. The fraction of sp³-hybridized carbons (Fsp3) is 0.556. The summed E-state index contributed by atoms with van der Waals surface area (Å²) in [5, 5.41) is 9.62. The first kappa shape index (κ1) is 18.7. The maximum absolute atomic E-state index is 8.32. The van der Waals surface area contributed by atoms with Crippen LogP contribution >= 0.6 is 0 Å². The summed E-state index contributed by atoms with van der Waals surface area (Å²) in [5.41, 5.74) is 2.55. The van der Waals surface area contributed by atoms with Crippen molar-refractivity contribution in [2.24, 2.45) is 5.92 Å². The second kappa shape index (κ2) is 11.5. The molecule has 0 radical (unpaired) electrons.